The van der Waals surface area contributed by atoms with Gasteiger partial charge in [-0.25, -0.2) is 0 Å². The fraction of sp³-hybridized carbons (Fsp3) is 0.0968. The number of amides is 1. The Morgan fingerprint density at radius 2 is 1.70 bits per heavy atom. The van der Waals surface area contributed by atoms with E-state index in [4.69, 9.17) is 37.4 Å². The number of methoxy groups -OCH3 is 1. The predicted octanol–water partition coefficient (Wildman–Crippen LogP) is 8.47. The van der Waals surface area contributed by atoms with Gasteiger partial charge in [-0.3, -0.25) is 4.79 Å². The second-order valence-corrected chi connectivity index (χ2v) is 10.2. The molecule has 4 aromatic carbocycles. The van der Waals surface area contributed by atoms with Gasteiger partial charge < -0.3 is 19.5 Å². The average Bonchev–Trinajstić information content (AvgIpc) is 2.96. The number of rotatable bonds is 10. The SMILES string of the molecule is COc1cc(/C=C(\C#N)C(=O)Nc2ccc(OCc3ccccc3)cc2)c(Br)cc1OCc1ccc(Cl)cc1Cl. The molecule has 202 valence electrons. The van der Waals surface area contributed by atoms with Gasteiger partial charge in [-0.05, 0) is 65.7 Å². The molecule has 0 fully saturated rings. The number of ether oxygens (including phenoxy) is 3. The van der Waals surface area contributed by atoms with Crippen LogP contribution < -0.4 is 19.5 Å². The molecule has 0 aromatic heterocycles. The monoisotopic (exact) mass is 636 g/mol. The highest BCUT2D eigenvalue weighted by atomic mass is 79.9. The lowest BCUT2D eigenvalue weighted by Crippen LogP contribution is -2.13. The van der Waals surface area contributed by atoms with Gasteiger partial charge in [0.25, 0.3) is 5.91 Å². The highest BCUT2D eigenvalue weighted by Gasteiger charge is 2.15. The number of nitriles is 1. The van der Waals surface area contributed by atoms with Gasteiger partial charge in [0, 0.05) is 25.8 Å². The zero-order valence-electron chi connectivity index (χ0n) is 21.3. The van der Waals surface area contributed by atoms with Crippen molar-refractivity contribution in [3.8, 4) is 23.3 Å². The molecule has 0 spiro atoms. The Bertz CT molecular complexity index is 1570. The first-order chi connectivity index (χ1) is 19.4. The molecule has 0 bridgehead atoms. The summed E-state index contributed by atoms with van der Waals surface area (Å²) in [5.74, 6) is 0.983. The summed E-state index contributed by atoms with van der Waals surface area (Å²) in [4.78, 5) is 12.9. The Morgan fingerprint density at radius 3 is 2.38 bits per heavy atom. The first kappa shape index (κ1) is 29.0. The van der Waals surface area contributed by atoms with Crippen LogP contribution in [0.15, 0.2) is 95.0 Å². The van der Waals surface area contributed by atoms with Gasteiger partial charge in [-0.15, -0.1) is 0 Å². The lowest BCUT2D eigenvalue weighted by Gasteiger charge is -2.14. The van der Waals surface area contributed by atoms with Gasteiger partial charge in [0.1, 0.15) is 30.6 Å². The smallest absolute Gasteiger partial charge is 0.266 e. The minimum atomic E-state index is -0.552. The first-order valence-electron chi connectivity index (χ1n) is 12.0. The largest absolute Gasteiger partial charge is 0.493 e. The van der Waals surface area contributed by atoms with Crippen LogP contribution in [-0.2, 0) is 18.0 Å². The van der Waals surface area contributed by atoms with Crippen LogP contribution in [0.5, 0.6) is 17.2 Å². The van der Waals surface area contributed by atoms with Crippen molar-refractivity contribution in [1.82, 2.24) is 0 Å². The molecule has 6 nitrogen and oxygen atoms in total. The van der Waals surface area contributed by atoms with Crippen LogP contribution in [0.25, 0.3) is 6.08 Å². The first-order valence-corrected chi connectivity index (χ1v) is 13.6. The van der Waals surface area contributed by atoms with Gasteiger partial charge in [-0.2, -0.15) is 5.26 Å². The molecule has 0 atom stereocenters. The number of carbonyl (C=O) groups is 1. The maximum atomic E-state index is 12.9. The van der Waals surface area contributed by atoms with E-state index in [1.165, 1.54) is 13.2 Å². The number of nitrogens with zero attached hydrogens (tertiary/aromatic N) is 1. The van der Waals surface area contributed by atoms with Crippen LogP contribution in [-0.4, -0.2) is 13.0 Å². The summed E-state index contributed by atoms with van der Waals surface area (Å²) in [6.07, 6.45) is 1.47. The summed E-state index contributed by atoms with van der Waals surface area (Å²) in [7, 11) is 1.50. The second kappa shape index (κ2) is 13.9. The number of carbonyl (C=O) groups excluding carboxylic acids is 1. The van der Waals surface area contributed by atoms with E-state index in [2.05, 4.69) is 21.2 Å². The van der Waals surface area contributed by atoms with E-state index in [0.29, 0.717) is 49.6 Å². The van der Waals surface area contributed by atoms with E-state index >= 15 is 0 Å². The molecule has 0 heterocycles. The Morgan fingerprint density at radius 1 is 0.950 bits per heavy atom. The van der Waals surface area contributed by atoms with Crippen molar-refractivity contribution in [3.63, 3.8) is 0 Å². The van der Waals surface area contributed by atoms with Crippen molar-refractivity contribution in [2.75, 3.05) is 12.4 Å². The fourth-order valence-electron chi connectivity index (χ4n) is 3.61. The van der Waals surface area contributed by atoms with Crippen LogP contribution in [0.3, 0.4) is 0 Å². The summed E-state index contributed by atoms with van der Waals surface area (Å²) in [5.41, 5.74) is 2.81. The lowest BCUT2D eigenvalue weighted by molar-refractivity contribution is -0.112. The van der Waals surface area contributed by atoms with E-state index < -0.39 is 5.91 Å². The third-order valence-corrected chi connectivity index (χ3v) is 6.98. The fourth-order valence-corrected chi connectivity index (χ4v) is 4.51. The molecule has 4 rings (SSSR count). The predicted molar refractivity (Wildman–Crippen MR) is 161 cm³/mol. The highest BCUT2D eigenvalue weighted by molar-refractivity contribution is 9.10. The van der Waals surface area contributed by atoms with E-state index in [1.807, 2.05) is 36.4 Å². The van der Waals surface area contributed by atoms with Crippen molar-refractivity contribution in [2.24, 2.45) is 0 Å². The zero-order valence-corrected chi connectivity index (χ0v) is 24.4. The van der Waals surface area contributed by atoms with Gasteiger partial charge in [0.2, 0.25) is 0 Å². The molecular weight excluding hydrogens is 615 g/mol. The number of nitrogens with one attached hydrogen (secondary N) is 1. The molecule has 0 saturated heterocycles. The number of hydrogen-bond donors (Lipinski definition) is 1. The van der Waals surface area contributed by atoms with Gasteiger partial charge in [0.05, 0.1) is 7.11 Å². The molecule has 0 aliphatic carbocycles. The van der Waals surface area contributed by atoms with Gasteiger partial charge in [-0.1, -0.05) is 75.5 Å². The summed E-state index contributed by atoms with van der Waals surface area (Å²) in [5, 5.41) is 13.5. The molecule has 0 saturated carbocycles. The van der Waals surface area contributed by atoms with Crippen molar-refractivity contribution in [3.05, 3.63) is 122 Å². The Kier molecular flexibility index (Phi) is 10.1. The summed E-state index contributed by atoms with van der Waals surface area (Å²) in [6.45, 7) is 0.626. The van der Waals surface area contributed by atoms with Crippen molar-refractivity contribution in [2.45, 2.75) is 13.2 Å². The number of anilines is 1. The number of halogens is 3. The Hall–Kier alpha value is -3.96. The van der Waals surface area contributed by atoms with E-state index in [0.717, 1.165) is 11.1 Å². The third-order valence-electron chi connectivity index (χ3n) is 5.71. The number of benzene rings is 4. The molecule has 0 radical (unpaired) electrons. The van der Waals surface area contributed by atoms with E-state index in [-0.39, 0.29) is 12.2 Å². The van der Waals surface area contributed by atoms with Crippen LogP contribution >= 0.6 is 39.1 Å². The van der Waals surface area contributed by atoms with Crippen molar-refractivity contribution >= 4 is 56.8 Å². The summed E-state index contributed by atoms with van der Waals surface area (Å²) < 4.78 is 17.8. The van der Waals surface area contributed by atoms with Crippen LogP contribution in [0.1, 0.15) is 16.7 Å². The van der Waals surface area contributed by atoms with Crippen molar-refractivity contribution < 1.29 is 19.0 Å². The van der Waals surface area contributed by atoms with Crippen LogP contribution in [0, 0.1) is 11.3 Å². The third kappa shape index (κ3) is 7.80. The molecule has 0 aliphatic rings. The normalized spacial score (nSPS) is 10.9. The molecule has 4 aromatic rings. The minimum absolute atomic E-state index is 0.0891. The lowest BCUT2D eigenvalue weighted by atomic mass is 10.1. The number of hydrogen-bond acceptors (Lipinski definition) is 5. The van der Waals surface area contributed by atoms with E-state index in [9.17, 15) is 10.1 Å². The topological polar surface area (TPSA) is 80.6 Å². The maximum Gasteiger partial charge on any atom is 0.266 e. The minimum Gasteiger partial charge on any atom is -0.493 e. The molecule has 1 amide bonds. The van der Waals surface area contributed by atoms with Crippen molar-refractivity contribution in [1.29, 1.82) is 5.26 Å². The zero-order chi connectivity index (χ0) is 28.5. The maximum absolute atomic E-state index is 12.9. The molecule has 9 heteroatoms. The standard InChI is InChI=1S/C31H23BrCl2N2O4/c1-38-29-14-22(27(32)16-30(29)40-19-21-7-8-24(33)15-28(21)34)13-23(17-35)31(37)36-25-9-11-26(12-10-25)39-18-20-5-3-2-4-6-20/h2-16H,18-19H2,1H3,(H,36,37)/b23-13+. The molecule has 0 aliphatic heterocycles. The van der Waals surface area contributed by atoms with Crippen LogP contribution in [0.4, 0.5) is 5.69 Å². The van der Waals surface area contributed by atoms with E-state index in [1.54, 1.807) is 54.6 Å². The summed E-state index contributed by atoms with van der Waals surface area (Å²) in [6, 6.07) is 27.3. The highest BCUT2D eigenvalue weighted by Crippen LogP contribution is 2.36. The molecular formula is C31H23BrCl2N2O4. The average molecular weight is 638 g/mol. The Balaban J connectivity index is 1.43. The van der Waals surface area contributed by atoms with Gasteiger partial charge in [0.15, 0.2) is 11.5 Å². The molecule has 0 unspecified atom stereocenters. The quantitative estimate of drug-likeness (QED) is 0.139. The molecule has 1 N–H and O–H groups in total. The Labute approximate surface area is 250 Å². The summed E-state index contributed by atoms with van der Waals surface area (Å²) >= 11 is 15.7. The second-order valence-electron chi connectivity index (χ2n) is 8.47. The van der Waals surface area contributed by atoms with Crippen LogP contribution in [0.2, 0.25) is 10.0 Å². The molecule has 40 heavy (non-hydrogen) atoms. The van der Waals surface area contributed by atoms with Gasteiger partial charge >= 0.3 is 0 Å².